The van der Waals surface area contributed by atoms with Gasteiger partial charge in [0.25, 0.3) is 0 Å². The monoisotopic (exact) mass is 321 g/mol. The zero-order valence-electron chi connectivity index (χ0n) is 12.3. The minimum absolute atomic E-state index is 0.632. The molecule has 112 valence electrons. The summed E-state index contributed by atoms with van der Waals surface area (Å²) >= 11 is 3.59. The first kappa shape index (κ1) is 14.8. The number of aryl methyl sites for hydroxylation is 1. The predicted molar refractivity (Wildman–Crippen MR) is 88.8 cm³/mol. The second-order valence-electron chi connectivity index (χ2n) is 4.92. The van der Waals surface area contributed by atoms with Crippen molar-refractivity contribution in [3.63, 3.8) is 0 Å². The first-order chi connectivity index (χ1) is 10.3. The van der Waals surface area contributed by atoms with E-state index in [0.717, 1.165) is 24.6 Å². The van der Waals surface area contributed by atoms with Crippen LogP contribution < -0.4 is 14.8 Å². The third-order valence-corrected chi connectivity index (χ3v) is 5.18. The van der Waals surface area contributed by atoms with Crippen LogP contribution in [0.1, 0.15) is 15.3 Å². The molecule has 1 aliphatic heterocycles. The third kappa shape index (κ3) is 3.54. The van der Waals surface area contributed by atoms with E-state index in [9.17, 15) is 0 Å². The van der Waals surface area contributed by atoms with Gasteiger partial charge < -0.3 is 14.8 Å². The highest BCUT2D eigenvalue weighted by Gasteiger charge is 2.15. The Hall–Kier alpha value is -1.17. The normalized spacial score (nSPS) is 13.4. The van der Waals surface area contributed by atoms with Gasteiger partial charge in [0.05, 0.1) is 0 Å². The number of nitrogens with one attached hydrogen (secondary N) is 1. The van der Waals surface area contributed by atoms with Gasteiger partial charge in [0.1, 0.15) is 13.2 Å². The van der Waals surface area contributed by atoms with E-state index in [1.54, 1.807) is 11.8 Å². The number of rotatable bonds is 5. The van der Waals surface area contributed by atoms with E-state index >= 15 is 0 Å². The van der Waals surface area contributed by atoms with Crippen LogP contribution in [-0.2, 0) is 13.1 Å². The minimum atomic E-state index is 0.632. The molecule has 0 amide bonds. The van der Waals surface area contributed by atoms with Crippen molar-refractivity contribution in [2.24, 2.45) is 0 Å². The van der Waals surface area contributed by atoms with Crippen molar-refractivity contribution in [2.75, 3.05) is 19.5 Å². The highest BCUT2D eigenvalue weighted by molar-refractivity contribution is 7.98. The van der Waals surface area contributed by atoms with Gasteiger partial charge in [0, 0.05) is 27.7 Å². The molecule has 3 nitrogen and oxygen atoms in total. The fraction of sp³-hybridized carbons (Fsp3) is 0.375. The highest BCUT2D eigenvalue weighted by atomic mass is 32.2. The molecule has 5 heteroatoms. The van der Waals surface area contributed by atoms with Gasteiger partial charge in [-0.1, -0.05) is 0 Å². The molecule has 3 rings (SSSR count). The van der Waals surface area contributed by atoms with E-state index < -0.39 is 0 Å². The molecule has 0 unspecified atom stereocenters. The van der Waals surface area contributed by atoms with Crippen LogP contribution in [0.2, 0.25) is 0 Å². The van der Waals surface area contributed by atoms with Crippen LogP contribution in [0.15, 0.2) is 29.2 Å². The van der Waals surface area contributed by atoms with Gasteiger partial charge in [-0.15, -0.1) is 23.1 Å². The maximum absolute atomic E-state index is 5.67. The number of benzene rings is 1. The Morgan fingerprint density at radius 3 is 2.57 bits per heavy atom. The Morgan fingerprint density at radius 1 is 1.14 bits per heavy atom. The molecular formula is C16H19NO2S2. The SMILES string of the molecule is CSc1cc2c(cc1CNCc1ccc(C)s1)OCCO2. The van der Waals surface area contributed by atoms with Gasteiger partial charge in [0.15, 0.2) is 11.5 Å². The lowest BCUT2D eigenvalue weighted by Crippen LogP contribution is -2.17. The number of hydrogen-bond donors (Lipinski definition) is 1. The fourth-order valence-corrected chi connectivity index (χ4v) is 3.82. The number of fused-ring (bicyclic) bond motifs is 1. The van der Waals surface area contributed by atoms with Gasteiger partial charge in [-0.05, 0) is 43.0 Å². The van der Waals surface area contributed by atoms with E-state index in [1.165, 1.54) is 20.2 Å². The average molecular weight is 321 g/mol. The van der Waals surface area contributed by atoms with Crippen LogP contribution in [0, 0.1) is 6.92 Å². The van der Waals surface area contributed by atoms with Crippen LogP contribution >= 0.6 is 23.1 Å². The summed E-state index contributed by atoms with van der Waals surface area (Å²) in [6, 6.07) is 8.55. The van der Waals surface area contributed by atoms with E-state index in [-0.39, 0.29) is 0 Å². The van der Waals surface area contributed by atoms with Crippen LogP contribution in [0.3, 0.4) is 0 Å². The Bertz CT molecular complexity index is 625. The standard InChI is InChI=1S/C16H19NO2S2/c1-11-3-4-13(21-11)10-17-9-12-7-14-15(8-16(12)20-2)19-6-5-18-14/h3-4,7-8,17H,5-6,9-10H2,1-2H3. The molecular weight excluding hydrogens is 302 g/mol. The summed E-state index contributed by atoms with van der Waals surface area (Å²) in [5, 5.41) is 3.51. The van der Waals surface area contributed by atoms with Gasteiger partial charge in [-0.3, -0.25) is 0 Å². The van der Waals surface area contributed by atoms with Crippen LogP contribution in [0.4, 0.5) is 0 Å². The molecule has 1 N–H and O–H groups in total. The van der Waals surface area contributed by atoms with Crippen molar-refractivity contribution >= 4 is 23.1 Å². The van der Waals surface area contributed by atoms with Crippen molar-refractivity contribution < 1.29 is 9.47 Å². The van der Waals surface area contributed by atoms with Gasteiger partial charge in [-0.2, -0.15) is 0 Å². The van der Waals surface area contributed by atoms with Crippen molar-refractivity contribution in [2.45, 2.75) is 24.9 Å². The lowest BCUT2D eigenvalue weighted by molar-refractivity contribution is 0.171. The number of ether oxygens (including phenoxy) is 2. The van der Waals surface area contributed by atoms with E-state index in [4.69, 9.17) is 9.47 Å². The van der Waals surface area contributed by atoms with E-state index in [0.29, 0.717) is 13.2 Å². The van der Waals surface area contributed by atoms with E-state index in [2.05, 4.69) is 42.8 Å². The van der Waals surface area contributed by atoms with Crippen molar-refractivity contribution in [1.29, 1.82) is 0 Å². The summed E-state index contributed by atoms with van der Waals surface area (Å²) in [5.41, 5.74) is 1.26. The Morgan fingerprint density at radius 2 is 1.90 bits per heavy atom. The largest absolute Gasteiger partial charge is 0.486 e. The maximum atomic E-state index is 5.67. The molecule has 1 aromatic carbocycles. The van der Waals surface area contributed by atoms with Crippen molar-refractivity contribution in [3.05, 3.63) is 39.6 Å². The lowest BCUT2D eigenvalue weighted by atomic mass is 10.2. The minimum Gasteiger partial charge on any atom is -0.486 e. The maximum Gasteiger partial charge on any atom is 0.162 e. The zero-order chi connectivity index (χ0) is 14.7. The van der Waals surface area contributed by atoms with Gasteiger partial charge in [0.2, 0.25) is 0 Å². The average Bonchev–Trinajstić information content (AvgIpc) is 2.92. The second kappa shape index (κ2) is 6.73. The fourth-order valence-electron chi connectivity index (χ4n) is 2.34. The first-order valence-electron chi connectivity index (χ1n) is 6.99. The van der Waals surface area contributed by atoms with Gasteiger partial charge >= 0.3 is 0 Å². The second-order valence-corrected chi connectivity index (χ2v) is 7.14. The Labute approximate surface area is 133 Å². The molecule has 0 spiro atoms. The summed E-state index contributed by atoms with van der Waals surface area (Å²) in [6.07, 6.45) is 2.09. The highest BCUT2D eigenvalue weighted by Crippen LogP contribution is 2.36. The van der Waals surface area contributed by atoms with E-state index in [1.807, 2.05) is 11.3 Å². The molecule has 2 heterocycles. The van der Waals surface area contributed by atoms with Crippen LogP contribution in [0.25, 0.3) is 0 Å². The predicted octanol–water partition coefficient (Wildman–Crippen LogP) is 3.84. The molecule has 2 aromatic rings. The Kier molecular flexibility index (Phi) is 4.73. The molecule has 0 fully saturated rings. The number of hydrogen-bond acceptors (Lipinski definition) is 5. The summed E-state index contributed by atoms with van der Waals surface area (Å²) in [5.74, 6) is 1.73. The van der Waals surface area contributed by atoms with Crippen molar-refractivity contribution in [1.82, 2.24) is 5.32 Å². The number of thiophene rings is 1. The number of thioether (sulfide) groups is 1. The zero-order valence-corrected chi connectivity index (χ0v) is 13.9. The molecule has 1 aromatic heterocycles. The molecule has 0 aliphatic carbocycles. The van der Waals surface area contributed by atoms with Crippen LogP contribution in [-0.4, -0.2) is 19.5 Å². The third-order valence-electron chi connectivity index (χ3n) is 3.36. The topological polar surface area (TPSA) is 30.5 Å². The molecule has 0 saturated heterocycles. The molecule has 0 bridgehead atoms. The first-order valence-corrected chi connectivity index (χ1v) is 9.03. The van der Waals surface area contributed by atoms with Gasteiger partial charge in [-0.25, -0.2) is 0 Å². The molecule has 0 atom stereocenters. The molecule has 21 heavy (non-hydrogen) atoms. The quantitative estimate of drug-likeness (QED) is 0.848. The lowest BCUT2D eigenvalue weighted by Gasteiger charge is -2.20. The van der Waals surface area contributed by atoms with Crippen molar-refractivity contribution in [3.8, 4) is 11.5 Å². The summed E-state index contributed by atoms with van der Waals surface area (Å²) in [7, 11) is 0. The molecule has 1 aliphatic rings. The summed E-state index contributed by atoms with van der Waals surface area (Å²) < 4.78 is 11.3. The summed E-state index contributed by atoms with van der Waals surface area (Å²) in [4.78, 5) is 3.97. The smallest absolute Gasteiger partial charge is 0.162 e. The molecule has 0 radical (unpaired) electrons. The Balaban J connectivity index is 1.69. The molecule has 0 saturated carbocycles. The van der Waals surface area contributed by atoms with Crippen LogP contribution in [0.5, 0.6) is 11.5 Å². The summed E-state index contributed by atoms with van der Waals surface area (Å²) in [6.45, 7) is 5.15.